The van der Waals surface area contributed by atoms with E-state index >= 15 is 0 Å². The summed E-state index contributed by atoms with van der Waals surface area (Å²) in [4.78, 5) is 32.0. The zero-order valence-corrected chi connectivity index (χ0v) is 20.5. The second-order valence-corrected chi connectivity index (χ2v) is 9.47. The minimum atomic E-state index is -0.311. The fourth-order valence-corrected chi connectivity index (χ4v) is 4.84. The zero-order chi connectivity index (χ0) is 25.2. The number of nitrogens with one attached hydrogen (secondary N) is 1. The van der Waals surface area contributed by atoms with Crippen LogP contribution in [-0.4, -0.2) is 40.4 Å². The molecule has 0 fully saturated rings. The number of fused-ring (bicyclic) bond motifs is 1. The lowest BCUT2D eigenvalue weighted by Crippen LogP contribution is -2.26. The van der Waals surface area contributed by atoms with E-state index in [0.717, 1.165) is 11.1 Å². The van der Waals surface area contributed by atoms with Gasteiger partial charge in [-0.25, -0.2) is 9.18 Å². The molecule has 2 aromatic heterocycles. The molecule has 1 amide bonds. The summed E-state index contributed by atoms with van der Waals surface area (Å²) in [5.74, 6) is 0.0146. The van der Waals surface area contributed by atoms with E-state index in [1.165, 1.54) is 33.4 Å². The van der Waals surface area contributed by atoms with Gasteiger partial charge in [0.1, 0.15) is 23.5 Å². The van der Waals surface area contributed by atoms with Gasteiger partial charge in [0, 0.05) is 55.1 Å². The number of halogens is 1. The minimum absolute atomic E-state index is 0.110. The molecule has 36 heavy (non-hydrogen) atoms. The molecular weight excluding hydrogens is 479 g/mol. The van der Waals surface area contributed by atoms with Crippen molar-refractivity contribution in [3.8, 4) is 5.75 Å². The number of carbonyl (C=O) groups is 2. The smallest absolute Gasteiger partial charge is 0.328 e. The maximum Gasteiger partial charge on any atom is 0.328 e. The van der Waals surface area contributed by atoms with E-state index in [0.29, 0.717) is 27.9 Å². The topological polar surface area (TPSA) is 76.5 Å². The van der Waals surface area contributed by atoms with Crippen LogP contribution in [0.25, 0.3) is 10.9 Å². The van der Waals surface area contributed by atoms with Crippen LogP contribution < -0.4 is 10.1 Å². The van der Waals surface area contributed by atoms with E-state index in [9.17, 15) is 14.0 Å². The minimum Gasteiger partial charge on any atom is -0.489 e. The first-order valence-corrected chi connectivity index (χ1v) is 12.2. The van der Waals surface area contributed by atoms with Crippen molar-refractivity contribution in [2.45, 2.75) is 12.0 Å². The number of carbonyl (C=O) groups excluding carboxylic acids is 2. The van der Waals surface area contributed by atoms with Crippen LogP contribution in [0.2, 0.25) is 0 Å². The van der Waals surface area contributed by atoms with Gasteiger partial charge in [-0.2, -0.15) is 0 Å². The van der Waals surface area contributed by atoms with Crippen molar-refractivity contribution in [2.75, 3.05) is 14.1 Å². The summed E-state index contributed by atoms with van der Waals surface area (Å²) in [6.45, 7) is 0.240. The number of allylic oxidation sites excluding steroid dienone is 1. The van der Waals surface area contributed by atoms with Crippen LogP contribution in [0.15, 0.2) is 84.3 Å². The van der Waals surface area contributed by atoms with Gasteiger partial charge in [-0.3, -0.25) is 14.3 Å². The lowest BCUT2D eigenvalue weighted by molar-refractivity contribution is 0.102. The number of ether oxygens (including phenoxy) is 1. The highest BCUT2D eigenvalue weighted by molar-refractivity contribution is 8.02. The standard InChI is InChI=1S/C27H23FN4O3S/c1-31(2)27(34)32-14-22(25(33)23-16-36-26(30-23)18-4-3-11-29-13-18)21-10-9-20(12-24(21)32)35-15-17-5-7-19(28)8-6-17/h3-14,16,26,30H,15H2,1-2H3. The predicted octanol–water partition coefficient (Wildman–Crippen LogP) is 5.34. The molecule has 5 rings (SSSR count). The average molecular weight is 503 g/mol. The van der Waals surface area contributed by atoms with Gasteiger partial charge in [-0.1, -0.05) is 18.2 Å². The largest absolute Gasteiger partial charge is 0.489 e. The molecule has 0 saturated carbocycles. The van der Waals surface area contributed by atoms with Crippen molar-refractivity contribution in [2.24, 2.45) is 0 Å². The van der Waals surface area contributed by atoms with Gasteiger partial charge in [0.05, 0.1) is 16.8 Å². The second-order valence-electron chi connectivity index (χ2n) is 8.49. The molecule has 1 N–H and O–H groups in total. The fraction of sp³-hybridized carbons (Fsp3) is 0.148. The molecule has 0 aliphatic carbocycles. The van der Waals surface area contributed by atoms with Gasteiger partial charge in [-0.15, -0.1) is 11.8 Å². The number of thioether (sulfide) groups is 1. The Morgan fingerprint density at radius 3 is 2.69 bits per heavy atom. The van der Waals surface area contributed by atoms with Crippen LogP contribution in [0.5, 0.6) is 5.75 Å². The van der Waals surface area contributed by atoms with Crippen LogP contribution in [0, 0.1) is 5.82 Å². The summed E-state index contributed by atoms with van der Waals surface area (Å²) < 4.78 is 20.5. The van der Waals surface area contributed by atoms with Crippen molar-refractivity contribution in [1.29, 1.82) is 0 Å². The first kappa shape index (κ1) is 23.6. The van der Waals surface area contributed by atoms with Crippen molar-refractivity contribution in [3.63, 3.8) is 0 Å². The number of pyridine rings is 1. The molecule has 182 valence electrons. The molecule has 1 aliphatic rings. The number of benzene rings is 2. The summed E-state index contributed by atoms with van der Waals surface area (Å²) in [6, 6.07) is 14.9. The third kappa shape index (κ3) is 4.70. The Labute approximate surface area is 211 Å². The van der Waals surface area contributed by atoms with Gasteiger partial charge in [0.2, 0.25) is 5.78 Å². The van der Waals surface area contributed by atoms with E-state index in [-0.39, 0.29) is 29.6 Å². The van der Waals surface area contributed by atoms with Crippen LogP contribution >= 0.6 is 11.8 Å². The lowest BCUT2D eigenvalue weighted by Gasteiger charge is -2.12. The number of rotatable bonds is 6. The van der Waals surface area contributed by atoms with Crippen molar-refractivity contribution >= 4 is 34.5 Å². The van der Waals surface area contributed by atoms with Crippen molar-refractivity contribution in [3.05, 3.63) is 107 Å². The zero-order valence-electron chi connectivity index (χ0n) is 19.6. The monoisotopic (exact) mass is 502 g/mol. The molecule has 0 saturated heterocycles. The molecule has 2 aromatic carbocycles. The molecule has 1 unspecified atom stereocenters. The highest BCUT2D eigenvalue weighted by Crippen LogP contribution is 2.36. The van der Waals surface area contributed by atoms with Crippen LogP contribution in [0.4, 0.5) is 9.18 Å². The molecule has 4 aromatic rings. The highest BCUT2D eigenvalue weighted by atomic mass is 32.2. The molecule has 1 atom stereocenters. The van der Waals surface area contributed by atoms with E-state index in [4.69, 9.17) is 4.74 Å². The van der Waals surface area contributed by atoms with E-state index < -0.39 is 0 Å². The number of amides is 1. The second kappa shape index (κ2) is 9.87. The third-order valence-corrected chi connectivity index (χ3v) is 6.80. The number of hydrogen-bond donors (Lipinski definition) is 1. The van der Waals surface area contributed by atoms with Crippen molar-refractivity contribution < 1.29 is 18.7 Å². The first-order valence-electron chi connectivity index (χ1n) is 11.2. The van der Waals surface area contributed by atoms with E-state index in [1.54, 1.807) is 68.4 Å². The molecule has 0 radical (unpaired) electrons. The maximum absolute atomic E-state index is 13.5. The summed E-state index contributed by atoms with van der Waals surface area (Å²) in [6.07, 6.45) is 5.04. The summed E-state index contributed by atoms with van der Waals surface area (Å²) in [5, 5.41) is 5.60. The lowest BCUT2D eigenvalue weighted by atomic mass is 10.1. The summed E-state index contributed by atoms with van der Waals surface area (Å²) in [7, 11) is 3.31. The first-order chi connectivity index (χ1) is 17.4. The summed E-state index contributed by atoms with van der Waals surface area (Å²) >= 11 is 1.50. The van der Waals surface area contributed by atoms with E-state index in [2.05, 4.69) is 10.3 Å². The number of Topliss-reactive ketones (excluding diaryl/α,β-unsaturated/α-hetero) is 1. The Hall–Kier alpha value is -4.11. The van der Waals surface area contributed by atoms with Gasteiger partial charge in [0.25, 0.3) is 0 Å². The quantitative estimate of drug-likeness (QED) is 0.359. The SMILES string of the molecule is CN(C)C(=O)n1cc(C(=O)C2=CSC(c3cccnc3)N2)c2ccc(OCc3ccc(F)cc3)cc21. The molecule has 9 heteroatoms. The average Bonchev–Trinajstić information content (AvgIpc) is 3.53. The molecular formula is C27H23FN4O3S. The fourth-order valence-electron chi connectivity index (χ4n) is 3.90. The van der Waals surface area contributed by atoms with Crippen LogP contribution in [0.1, 0.15) is 26.9 Å². The predicted molar refractivity (Wildman–Crippen MR) is 137 cm³/mol. The number of hydrogen-bond acceptors (Lipinski definition) is 6. The Morgan fingerprint density at radius 1 is 1.17 bits per heavy atom. The van der Waals surface area contributed by atoms with Crippen molar-refractivity contribution in [1.82, 2.24) is 19.8 Å². The number of ketones is 1. The van der Waals surface area contributed by atoms with Gasteiger partial charge in [-0.05, 0) is 35.9 Å². The van der Waals surface area contributed by atoms with E-state index in [1.807, 2.05) is 12.1 Å². The number of aromatic nitrogens is 2. The van der Waals surface area contributed by atoms with Gasteiger partial charge in [0.15, 0.2) is 0 Å². The van der Waals surface area contributed by atoms with Crippen LogP contribution in [-0.2, 0) is 6.61 Å². The molecule has 7 nitrogen and oxygen atoms in total. The normalized spacial score (nSPS) is 14.9. The third-order valence-electron chi connectivity index (χ3n) is 5.77. The Morgan fingerprint density at radius 2 is 1.97 bits per heavy atom. The Kier molecular flexibility index (Phi) is 6.47. The Balaban J connectivity index is 1.44. The van der Waals surface area contributed by atoms with Gasteiger partial charge >= 0.3 is 6.03 Å². The highest BCUT2D eigenvalue weighted by Gasteiger charge is 2.27. The molecule has 1 aliphatic heterocycles. The van der Waals surface area contributed by atoms with Crippen LogP contribution in [0.3, 0.4) is 0 Å². The number of nitrogens with zero attached hydrogens (tertiary/aromatic N) is 3. The van der Waals surface area contributed by atoms with Gasteiger partial charge < -0.3 is 15.0 Å². The molecule has 0 spiro atoms. The summed E-state index contributed by atoms with van der Waals surface area (Å²) in [5.41, 5.74) is 3.21. The molecule has 3 heterocycles. The molecule has 0 bridgehead atoms. The Bertz CT molecular complexity index is 1470. The maximum atomic E-state index is 13.5.